The van der Waals surface area contributed by atoms with Crippen molar-refractivity contribution in [3.05, 3.63) is 38.7 Å². The largest absolute Gasteiger partial charge is 0.343 e. The Balaban J connectivity index is 2.28. The lowest BCUT2D eigenvalue weighted by Crippen LogP contribution is -2.17. The van der Waals surface area contributed by atoms with Gasteiger partial charge in [-0.25, -0.2) is 9.89 Å². The van der Waals surface area contributed by atoms with E-state index in [1.807, 2.05) is 19.1 Å². The highest BCUT2D eigenvalue weighted by atomic mass is 79.9. The van der Waals surface area contributed by atoms with Crippen LogP contribution in [0.4, 0.5) is 0 Å². The van der Waals surface area contributed by atoms with Gasteiger partial charge in [0.15, 0.2) is 11.4 Å². The van der Waals surface area contributed by atoms with E-state index in [0.717, 1.165) is 22.1 Å². The van der Waals surface area contributed by atoms with Crippen LogP contribution in [0, 0.1) is 0 Å². The van der Waals surface area contributed by atoms with Crippen molar-refractivity contribution in [2.45, 2.75) is 29.9 Å². The van der Waals surface area contributed by atoms with E-state index in [9.17, 15) is 9.59 Å². The average Bonchev–Trinajstić information content (AvgIpc) is 2.72. The molecule has 2 rings (SSSR count). The molecule has 0 unspecified atom stereocenters. The Bertz CT molecular complexity index is 651. The Kier molecular flexibility index (Phi) is 4.60. The number of aldehydes is 1. The maximum absolute atomic E-state index is 11.6. The fourth-order valence-corrected chi connectivity index (χ4v) is 3.10. The first-order valence-corrected chi connectivity index (χ1v) is 7.34. The molecule has 2 aromatic rings. The van der Waals surface area contributed by atoms with Crippen LogP contribution in [0.5, 0.6) is 0 Å². The predicted molar refractivity (Wildman–Crippen MR) is 76.8 cm³/mol. The Morgan fingerprint density at radius 3 is 2.95 bits per heavy atom. The second kappa shape index (κ2) is 6.21. The molecule has 5 nitrogen and oxygen atoms in total. The topological polar surface area (TPSA) is 67.8 Å². The van der Waals surface area contributed by atoms with Gasteiger partial charge >= 0.3 is 5.69 Å². The van der Waals surface area contributed by atoms with Crippen LogP contribution < -0.4 is 5.69 Å². The van der Waals surface area contributed by atoms with E-state index in [2.05, 4.69) is 26.1 Å². The predicted octanol–water partition coefficient (Wildman–Crippen LogP) is 2.71. The van der Waals surface area contributed by atoms with Crippen molar-refractivity contribution in [2.24, 2.45) is 0 Å². The normalized spacial score (nSPS) is 10.6. The number of halogens is 1. The minimum absolute atomic E-state index is 0.201. The maximum Gasteiger partial charge on any atom is 0.343 e. The van der Waals surface area contributed by atoms with Gasteiger partial charge in [0.05, 0.1) is 0 Å². The number of benzene rings is 1. The van der Waals surface area contributed by atoms with E-state index in [-0.39, 0.29) is 5.69 Å². The Morgan fingerprint density at radius 2 is 2.32 bits per heavy atom. The van der Waals surface area contributed by atoms with Crippen LogP contribution in [-0.2, 0) is 6.54 Å². The van der Waals surface area contributed by atoms with Gasteiger partial charge in [0.1, 0.15) is 0 Å². The van der Waals surface area contributed by atoms with E-state index < -0.39 is 0 Å². The van der Waals surface area contributed by atoms with Gasteiger partial charge in [0.2, 0.25) is 0 Å². The van der Waals surface area contributed by atoms with E-state index in [4.69, 9.17) is 0 Å². The Labute approximate surface area is 122 Å². The fourth-order valence-electron chi connectivity index (χ4n) is 1.57. The molecule has 0 spiro atoms. The molecule has 0 atom stereocenters. The zero-order chi connectivity index (χ0) is 13.8. The van der Waals surface area contributed by atoms with Crippen LogP contribution in [0.3, 0.4) is 0 Å². The highest BCUT2D eigenvalue weighted by Gasteiger charge is 2.10. The fraction of sp³-hybridized carbons (Fsp3) is 0.250. The molecule has 0 aliphatic rings. The molecule has 0 fully saturated rings. The van der Waals surface area contributed by atoms with Gasteiger partial charge < -0.3 is 0 Å². The number of nitrogens with zero attached hydrogens (tertiary/aromatic N) is 2. The number of nitrogens with one attached hydrogen (secondary N) is 1. The van der Waals surface area contributed by atoms with Crippen LogP contribution in [0.2, 0.25) is 0 Å². The van der Waals surface area contributed by atoms with Gasteiger partial charge in [-0.3, -0.25) is 9.36 Å². The molecule has 0 bridgehead atoms. The van der Waals surface area contributed by atoms with E-state index >= 15 is 0 Å². The van der Waals surface area contributed by atoms with Crippen LogP contribution in [-0.4, -0.2) is 21.1 Å². The average molecular weight is 342 g/mol. The molecule has 100 valence electrons. The summed E-state index contributed by atoms with van der Waals surface area (Å²) in [5.74, 6) is 0. The summed E-state index contributed by atoms with van der Waals surface area (Å²) >= 11 is 4.72. The highest BCUT2D eigenvalue weighted by Crippen LogP contribution is 2.28. The monoisotopic (exact) mass is 341 g/mol. The van der Waals surface area contributed by atoms with Crippen molar-refractivity contribution in [1.29, 1.82) is 0 Å². The van der Waals surface area contributed by atoms with Crippen molar-refractivity contribution in [2.75, 3.05) is 0 Å². The van der Waals surface area contributed by atoms with E-state index in [1.54, 1.807) is 10.6 Å². The molecule has 0 aliphatic carbocycles. The molecule has 7 heteroatoms. The third-order valence-corrected chi connectivity index (χ3v) is 4.15. The molecule has 1 N–H and O–H groups in total. The summed E-state index contributed by atoms with van der Waals surface area (Å²) in [4.78, 5) is 23.2. The molecule has 1 heterocycles. The summed E-state index contributed by atoms with van der Waals surface area (Å²) in [6.07, 6.45) is 1.65. The second-order valence-corrected chi connectivity index (χ2v) is 5.76. The molecule has 0 saturated heterocycles. The summed E-state index contributed by atoms with van der Waals surface area (Å²) in [6, 6.07) is 5.40. The molecule has 19 heavy (non-hydrogen) atoms. The van der Waals surface area contributed by atoms with E-state index in [0.29, 0.717) is 17.3 Å². The second-order valence-electron chi connectivity index (χ2n) is 3.87. The van der Waals surface area contributed by atoms with Gasteiger partial charge in [-0.15, -0.1) is 5.10 Å². The van der Waals surface area contributed by atoms with Gasteiger partial charge in [-0.05, 0) is 36.4 Å². The van der Waals surface area contributed by atoms with Gasteiger partial charge in [-0.1, -0.05) is 22.9 Å². The first kappa shape index (κ1) is 14.1. The number of H-pyrrole nitrogens is 1. The van der Waals surface area contributed by atoms with Crippen LogP contribution in [0.25, 0.3) is 0 Å². The molecule has 0 radical (unpaired) electrons. The number of hydrogen-bond donors (Lipinski definition) is 1. The number of hydrogen-bond acceptors (Lipinski definition) is 4. The van der Waals surface area contributed by atoms with Gasteiger partial charge in [-0.2, -0.15) is 0 Å². The minimum atomic E-state index is -0.201. The lowest BCUT2D eigenvalue weighted by atomic mass is 10.2. The molecular weight excluding hydrogens is 330 g/mol. The van der Waals surface area contributed by atoms with Crippen LogP contribution in [0.15, 0.2) is 37.5 Å². The minimum Gasteiger partial charge on any atom is -0.298 e. The lowest BCUT2D eigenvalue weighted by molar-refractivity contribution is 0.112. The number of carbonyl (C=O) groups is 1. The zero-order valence-corrected chi connectivity index (χ0v) is 12.6. The molecular formula is C12H12BrN3O2S. The molecule has 1 aromatic heterocycles. The summed E-state index contributed by atoms with van der Waals surface area (Å²) in [5, 5.41) is 7.08. The van der Waals surface area contributed by atoms with Crippen LogP contribution >= 0.6 is 27.7 Å². The van der Waals surface area contributed by atoms with Crippen molar-refractivity contribution >= 4 is 34.0 Å². The third kappa shape index (κ3) is 3.16. The number of carbonyl (C=O) groups excluding carboxylic acids is 1. The van der Waals surface area contributed by atoms with Crippen LogP contribution in [0.1, 0.15) is 23.7 Å². The summed E-state index contributed by atoms with van der Waals surface area (Å²) in [7, 11) is 0. The Morgan fingerprint density at radius 1 is 1.53 bits per heavy atom. The SMILES string of the molecule is CCCn1c(Sc2ccc(C=O)c(Br)c2)n[nH]c1=O. The van der Waals surface area contributed by atoms with E-state index in [1.165, 1.54) is 11.8 Å². The third-order valence-electron chi connectivity index (χ3n) is 2.48. The number of rotatable bonds is 5. The Hall–Kier alpha value is -1.34. The smallest absolute Gasteiger partial charge is 0.298 e. The molecule has 0 aliphatic heterocycles. The van der Waals surface area contributed by atoms with Gasteiger partial charge in [0.25, 0.3) is 0 Å². The zero-order valence-electron chi connectivity index (χ0n) is 10.2. The van der Waals surface area contributed by atoms with Crippen molar-refractivity contribution < 1.29 is 4.79 Å². The number of aromatic nitrogens is 3. The lowest BCUT2D eigenvalue weighted by Gasteiger charge is -2.04. The highest BCUT2D eigenvalue weighted by molar-refractivity contribution is 9.10. The quantitative estimate of drug-likeness (QED) is 0.849. The maximum atomic E-state index is 11.6. The summed E-state index contributed by atoms with van der Waals surface area (Å²) in [5.41, 5.74) is 0.394. The van der Waals surface area contributed by atoms with Crippen molar-refractivity contribution in [1.82, 2.24) is 14.8 Å². The standard InChI is InChI=1S/C12H12BrN3O2S/c1-2-5-16-11(18)14-15-12(16)19-9-4-3-8(7-17)10(13)6-9/h3-4,6-7H,2,5H2,1H3,(H,14,18). The summed E-state index contributed by atoms with van der Waals surface area (Å²) < 4.78 is 2.33. The first-order chi connectivity index (χ1) is 9.15. The first-order valence-electron chi connectivity index (χ1n) is 5.73. The van der Waals surface area contributed by atoms with Crippen molar-refractivity contribution in [3.63, 3.8) is 0 Å². The van der Waals surface area contributed by atoms with Gasteiger partial charge in [0, 0.05) is 21.5 Å². The molecule has 0 saturated carbocycles. The molecule has 0 amide bonds. The summed E-state index contributed by atoms with van der Waals surface area (Å²) in [6.45, 7) is 2.63. The van der Waals surface area contributed by atoms with Crippen molar-refractivity contribution in [3.8, 4) is 0 Å². The number of aromatic amines is 1. The molecule has 1 aromatic carbocycles.